The molecule has 0 saturated carbocycles. The van der Waals surface area contributed by atoms with Crippen LogP contribution in [0.4, 0.5) is 0 Å². The number of carbonyl (C=O) groups is 1. The highest BCUT2D eigenvalue weighted by atomic mass is 16.5. The molecule has 3 unspecified atom stereocenters. The van der Waals surface area contributed by atoms with Gasteiger partial charge in [0.15, 0.2) is 0 Å². The molecule has 9 nitrogen and oxygen atoms in total. The third-order valence-electron chi connectivity index (χ3n) is 5.73. The van der Waals surface area contributed by atoms with E-state index < -0.39 is 55.4 Å². The van der Waals surface area contributed by atoms with Crippen molar-refractivity contribution in [2.24, 2.45) is 0 Å². The van der Waals surface area contributed by atoms with Gasteiger partial charge in [0.1, 0.15) is 24.4 Å². The minimum Gasteiger partial charge on any atom is -0.394 e. The molecule has 0 aliphatic carbocycles. The summed E-state index contributed by atoms with van der Waals surface area (Å²) in [5.41, 5.74) is 0. The van der Waals surface area contributed by atoms with E-state index in [1.165, 1.54) is 0 Å². The Bertz CT molecular complexity index is 478. The van der Waals surface area contributed by atoms with Crippen LogP contribution in [0.15, 0.2) is 0 Å². The quantitative estimate of drug-likeness (QED) is 0.181. The molecule has 0 spiro atoms. The summed E-state index contributed by atoms with van der Waals surface area (Å²) >= 11 is 0. The minimum absolute atomic E-state index is 0.168. The first kappa shape index (κ1) is 27.2. The fourth-order valence-electron chi connectivity index (χ4n) is 3.81. The lowest BCUT2D eigenvalue weighted by Crippen LogP contribution is -2.58. The molecule has 1 heterocycles. The fourth-order valence-corrected chi connectivity index (χ4v) is 3.81. The summed E-state index contributed by atoms with van der Waals surface area (Å²) in [4.78, 5) is 12.0. The highest BCUT2D eigenvalue weighted by Crippen LogP contribution is 2.25. The van der Waals surface area contributed by atoms with Crippen molar-refractivity contribution < 1.29 is 40.2 Å². The van der Waals surface area contributed by atoms with Gasteiger partial charge in [-0.3, -0.25) is 4.79 Å². The van der Waals surface area contributed by atoms with E-state index in [2.05, 4.69) is 5.32 Å². The molecule has 8 atom stereocenters. The second kappa shape index (κ2) is 14.3. The number of hydrogen-bond donors (Lipinski definition) is 7. The molecule has 0 bridgehead atoms. The number of nitrogens with one attached hydrogen (secondary N) is 1. The summed E-state index contributed by atoms with van der Waals surface area (Å²) < 4.78 is 5.49. The van der Waals surface area contributed by atoms with Gasteiger partial charge in [0.2, 0.25) is 5.91 Å². The van der Waals surface area contributed by atoms with E-state index in [0.717, 1.165) is 12.8 Å². The Labute approximate surface area is 179 Å². The number of hydrogen-bond acceptors (Lipinski definition) is 8. The molecule has 0 aromatic rings. The molecule has 0 aromatic heterocycles. The number of aliphatic hydroxyl groups is 6. The zero-order chi connectivity index (χ0) is 22.7. The normalized spacial score (nSPS) is 29.9. The molecule has 1 amide bonds. The predicted molar refractivity (Wildman–Crippen MR) is 111 cm³/mol. The summed E-state index contributed by atoms with van der Waals surface area (Å²) in [7, 11) is 0. The minimum atomic E-state index is -1.39. The third-order valence-corrected chi connectivity index (χ3v) is 5.73. The van der Waals surface area contributed by atoms with Crippen molar-refractivity contribution in [3.05, 3.63) is 0 Å². The van der Waals surface area contributed by atoms with Crippen molar-refractivity contribution in [1.29, 1.82) is 0 Å². The number of rotatable bonds is 14. The van der Waals surface area contributed by atoms with Gasteiger partial charge in [-0.25, -0.2) is 0 Å². The highest BCUT2D eigenvalue weighted by molar-refractivity contribution is 5.76. The molecule has 0 aromatic carbocycles. The van der Waals surface area contributed by atoms with Crippen molar-refractivity contribution in [3.8, 4) is 0 Å². The average molecular weight is 436 g/mol. The maximum Gasteiger partial charge on any atom is 0.220 e. The van der Waals surface area contributed by atoms with E-state index in [9.17, 15) is 35.4 Å². The molecule has 178 valence electrons. The van der Waals surface area contributed by atoms with Crippen LogP contribution in [0.2, 0.25) is 0 Å². The molecular formula is C21H41NO8. The number of unbranched alkanes of at least 4 members (excludes halogenated alkanes) is 2. The van der Waals surface area contributed by atoms with Crippen LogP contribution < -0.4 is 5.32 Å². The van der Waals surface area contributed by atoms with Crippen LogP contribution in [-0.4, -0.2) is 91.9 Å². The molecular weight excluding hydrogens is 394 g/mol. The van der Waals surface area contributed by atoms with Crippen molar-refractivity contribution in [1.82, 2.24) is 5.32 Å². The molecule has 1 rings (SSSR count). The molecule has 1 aliphatic heterocycles. The molecule has 7 N–H and O–H groups in total. The van der Waals surface area contributed by atoms with Gasteiger partial charge >= 0.3 is 0 Å². The lowest BCUT2D eigenvalue weighted by Gasteiger charge is -2.40. The Morgan fingerprint density at radius 2 is 1.60 bits per heavy atom. The monoisotopic (exact) mass is 435 g/mol. The smallest absolute Gasteiger partial charge is 0.220 e. The van der Waals surface area contributed by atoms with Crippen LogP contribution >= 0.6 is 0 Å². The Hall–Kier alpha value is -0.810. The first-order valence-electron chi connectivity index (χ1n) is 11.2. The van der Waals surface area contributed by atoms with Crippen LogP contribution in [0.3, 0.4) is 0 Å². The first-order chi connectivity index (χ1) is 14.3. The Kier molecular flexibility index (Phi) is 13.0. The second-order valence-electron chi connectivity index (χ2n) is 8.28. The van der Waals surface area contributed by atoms with Crippen LogP contribution in [0.25, 0.3) is 0 Å². The van der Waals surface area contributed by atoms with Crippen molar-refractivity contribution in [3.63, 3.8) is 0 Å². The zero-order valence-corrected chi connectivity index (χ0v) is 18.2. The number of ether oxygens (including phenoxy) is 1. The van der Waals surface area contributed by atoms with Gasteiger partial charge in [-0.2, -0.15) is 0 Å². The van der Waals surface area contributed by atoms with E-state index in [4.69, 9.17) is 4.74 Å². The van der Waals surface area contributed by atoms with E-state index in [0.29, 0.717) is 44.9 Å². The summed E-state index contributed by atoms with van der Waals surface area (Å²) in [6, 6.07) is -0.578. The van der Waals surface area contributed by atoms with Crippen LogP contribution in [0.5, 0.6) is 0 Å². The Morgan fingerprint density at radius 3 is 2.20 bits per heavy atom. The van der Waals surface area contributed by atoms with Crippen molar-refractivity contribution in [2.75, 3.05) is 6.61 Å². The molecule has 1 saturated heterocycles. The zero-order valence-electron chi connectivity index (χ0n) is 18.2. The average Bonchev–Trinajstić information content (AvgIpc) is 2.73. The summed E-state index contributed by atoms with van der Waals surface area (Å²) in [5, 5.41) is 62.6. The summed E-state index contributed by atoms with van der Waals surface area (Å²) in [6.07, 6.45) is -2.51. The van der Waals surface area contributed by atoms with Crippen molar-refractivity contribution >= 4 is 5.91 Å². The van der Waals surface area contributed by atoms with E-state index >= 15 is 0 Å². The van der Waals surface area contributed by atoms with E-state index in [1.807, 2.05) is 13.8 Å². The van der Waals surface area contributed by atoms with Gasteiger partial charge < -0.3 is 40.7 Å². The lowest BCUT2D eigenvalue weighted by atomic mass is 9.91. The van der Waals surface area contributed by atoms with Gasteiger partial charge in [-0.15, -0.1) is 0 Å². The van der Waals surface area contributed by atoms with Gasteiger partial charge in [0.05, 0.1) is 31.0 Å². The van der Waals surface area contributed by atoms with Gasteiger partial charge in [0.25, 0.3) is 0 Å². The summed E-state index contributed by atoms with van der Waals surface area (Å²) in [6.45, 7) is 3.43. The van der Waals surface area contributed by atoms with Crippen LogP contribution in [0.1, 0.15) is 71.6 Å². The van der Waals surface area contributed by atoms with Crippen molar-refractivity contribution in [2.45, 2.75) is 120 Å². The van der Waals surface area contributed by atoms with Crippen LogP contribution in [0, 0.1) is 0 Å². The summed E-state index contributed by atoms with van der Waals surface area (Å²) in [5.74, 6) is -0.168. The third kappa shape index (κ3) is 8.37. The standard InChI is InChI=1S/C21H41NO8/c1-3-5-10-14(24)18(26)13(22-17(25)8-4-2)9-6-7-11-15-19(27)21(29)20(28)16(12-23)30-15/h13-16,18-21,23-24,26-29H,3-12H2,1-2H3,(H,22,25)/t13-,14+,15-,16?,18-,19?,20-,21?/m0/s1. The van der Waals surface area contributed by atoms with Crippen LogP contribution in [-0.2, 0) is 9.53 Å². The Morgan fingerprint density at radius 1 is 0.933 bits per heavy atom. The second-order valence-corrected chi connectivity index (χ2v) is 8.28. The number of amides is 1. The molecule has 0 radical (unpaired) electrons. The maximum atomic E-state index is 12.0. The topological polar surface area (TPSA) is 160 Å². The maximum absolute atomic E-state index is 12.0. The fraction of sp³-hybridized carbons (Fsp3) is 0.952. The highest BCUT2D eigenvalue weighted by Gasteiger charge is 2.42. The van der Waals surface area contributed by atoms with Gasteiger partial charge in [-0.05, 0) is 25.7 Å². The molecule has 1 aliphatic rings. The first-order valence-corrected chi connectivity index (χ1v) is 11.2. The number of carbonyl (C=O) groups excluding carboxylic acids is 1. The molecule has 9 heteroatoms. The lowest BCUT2D eigenvalue weighted by molar-refractivity contribution is -0.230. The predicted octanol–water partition coefficient (Wildman–Crippen LogP) is -0.414. The van der Waals surface area contributed by atoms with Gasteiger partial charge in [0, 0.05) is 6.42 Å². The Balaban J connectivity index is 2.58. The SMILES string of the molecule is CCCC[C@@H](O)[C@@H](O)[C@H](CCCC[C@@H]1OC(CO)[C@H](O)C(O)C1O)NC(=O)CCC. The number of aliphatic hydroxyl groups excluding tert-OH is 6. The van der Waals surface area contributed by atoms with E-state index in [1.54, 1.807) is 0 Å². The van der Waals surface area contributed by atoms with Gasteiger partial charge in [-0.1, -0.05) is 39.5 Å². The van der Waals surface area contributed by atoms with E-state index in [-0.39, 0.29) is 5.91 Å². The molecule has 30 heavy (non-hydrogen) atoms. The largest absolute Gasteiger partial charge is 0.394 e. The molecule has 1 fully saturated rings.